The van der Waals surface area contributed by atoms with Gasteiger partial charge in [-0.3, -0.25) is 4.79 Å². The highest BCUT2D eigenvalue weighted by atomic mass is 19.2. The first-order chi connectivity index (χ1) is 12.5. The van der Waals surface area contributed by atoms with Crippen LogP contribution in [0.5, 0.6) is 0 Å². The molecule has 0 aliphatic carbocycles. The molecule has 0 saturated carbocycles. The molecule has 1 aliphatic heterocycles. The first kappa shape index (κ1) is 18.5. The lowest BCUT2D eigenvalue weighted by atomic mass is 9.98. The van der Waals surface area contributed by atoms with Gasteiger partial charge in [-0.15, -0.1) is 0 Å². The van der Waals surface area contributed by atoms with Crippen molar-refractivity contribution in [1.82, 2.24) is 4.90 Å². The van der Waals surface area contributed by atoms with Crippen LogP contribution in [0, 0.1) is 23.4 Å². The van der Waals surface area contributed by atoms with Crippen LogP contribution in [0.1, 0.15) is 23.1 Å². The summed E-state index contributed by atoms with van der Waals surface area (Å²) in [5.74, 6) is -3.97. The second kappa shape index (κ2) is 7.91. The first-order valence-electron chi connectivity index (χ1n) is 8.56. The molecule has 3 nitrogen and oxygen atoms in total. The number of carbonyl (C=O) groups excluding carboxylic acids is 1. The van der Waals surface area contributed by atoms with Gasteiger partial charge in [0.2, 0.25) is 5.91 Å². The molecular formula is C20H20F3NO2. The minimum atomic E-state index is -1.52. The number of carbonyl (C=O) groups is 1. The van der Waals surface area contributed by atoms with E-state index in [2.05, 4.69) is 0 Å². The van der Waals surface area contributed by atoms with Crippen molar-refractivity contribution < 1.29 is 23.1 Å². The SMILES string of the molecule is O=C(Cc1cc(F)c(F)c(F)c1)N1CC[C@H](Cc2ccc(CO)cc2)C1. The molecule has 0 aromatic heterocycles. The molecule has 0 unspecified atom stereocenters. The smallest absolute Gasteiger partial charge is 0.227 e. The highest BCUT2D eigenvalue weighted by Gasteiger charge is 2.26. The Morgan fingerprint density at radius 2 is 1.65 bits per heavy atom. The number of aliphatic hydroxyl groups excluding tert-OH is 1. The van der Waals surface area contributed by atoms with Crippen LogP contribution in [0.2, 0.25) is 0 Å². The summed E-state index contributed by atoms with van der Waals surface area (Å²) in [6.07, 6.45) is 1.54. The van der Waals surface area contributed by atoms with Crippen molar-refractivity contribution in [2.24, 2.45) is 5.92 Å². The molecule has 138 valence electrons. The summed E-state index contributed by atoms with van der Waals surface area (Å²) < 4.78 is 39.5. The van der Waals surface area contributed by atoms with Crippen LogP contribution in [-0.2, 0) is 24.2 Å². The number of hydrogen-bond acceptors (Lipinski definition) is 2. The molecule has 1 heterocycles. The van der Waals surface area contributed by atoms with Crippen molar-refractivity contribution in [2.45, 2.75) is 25.9 Å². The van der Waals surface area contributed by atoms with Crippen LogP contribution >= 0.6 is 0 Å². The minimum absolute atomic E-state index is 0.0105. The lowest BCUT2D eigenvalue weighted by Gasteiger charge is -2.17. The van der Waals surface area contributed by atoms with Gasteiger partial charge in [0.05, 0.1) is 13.0 Å². The largest absolute Gasteiger partial charge is 0.392 e. The Kier molecular flexibility index (Phi) is 5.61. The third kappa shape index (κ3) is 4.25. The van der Waals surface area contributed by atoms with Crippen LogP contribution in [0.4, 0.5) is 13.2 Å². The van der Waals surface area contributed by atoms with Gasteiger partial charge in [-0.1, -0.05) is 24.3 Å². The highest BCUT2D eigenvalue weighted by Crippen LogP contribution is 2.22. The summed E-state index contributed by atoms with van der Waals surface area (Å²) in [6.45, 7) is 1.20. The number of nitrogens with zero attached hydrogens (tertiary/aromatic N) is 1. The zero-order valence-corrected chi connectivity index (χ0v) is 14.2. The van der Waals surface area contributed by atoms with Crippen molar-refractivity contribution in [3.05, 3.63) is 70.5 Å². The highest BCUT2D eigenvalue weighted by molar-refractivity contribution is 5.79. The van der Waals surface area contributed by atoms with E-state index in [1.807, 2.05) is 24.3 Å². The topological polar surface area (TPSA) is 40.5 Å². The van der Waals surface area contributed by atoms with Gasteiger partial charge in [-0.25, -0.2) is 13.2 Å². The van der Waals surface area contributed by atoms with Crippen LogP contribution in [-0.4, -0.2) is 29.0 Å². The van der Waals surface area contributed by atoms with E-state index in [-0.39, 0.29) is 24.5 Å². The molecule has 1 atom stereocenters. The maximum absolute atomic E-state index is 13.3. The lowest BCUT2D eigenvalue weighted by molar-refractivity contribution is -0.129. The molecule has 1 N–H and O–H groups in total. The van der Waals surface area contributed by atoms with E-state index in [1.165, 1.54) is 0 Å². The Morgan fingerprint density at radius 1 is 1.04 bits per heavy atom. The third-order valence-corrected chi connectivity index (χ3v) is 4.77. The van der Waals surface area contributed by atoms with Gasteiger partial charge in [-0.05, 0) is 47.6 Å². The fourth-order valence-electron chi connectivity index (χ4n) is 3.34. The van der Waals surface area contributed by atoms with E-state index in [0.29, 0.717) is 19.0 Å². The van der Waals surface area contributed by atoms with Gasteiger partial charge >= 0.3 is 0 Å². The molecule has 1 aliphatic rings. The van der Waals surface area contributed by atoms with Gasteiger partial charge < -0.3 is 10.0 Å². The van der Waals surface area contributed by atoms with Crippen molar-refractivity contribution in [2.75, 3.05) is 13.1 Å². The Morgan fingerprint density at radius 3 is 2.27 bits per heavy atom. The van der Waals surface area contributed by atoms with Gasteiger partial charge in [-0.2, -0.15) is 0 Å². The number of rotatable bonds is 5. The van der Waals surface area contributed by atoms with Gasteiger partial charge in [0.15, 0.2) is 17.5 Å². The van der Waals surface area contributed by atoms with E-state index in [4.69, 9.17) is 5.11 Å². The summed E-state index contributed by atoms with van der Waals surface area (Å²) in [7, 11) is 0. The molecule has 3 rings (SSSR count). The first-order valence-corrected chi connectivity index (χ1v) is 8.56. The summed E-state index contributed by atoms with van der Waals surface area (Å²) in [6, 6.07) is 9.44. The second-order valence-electron chi connectivity index (χ2n) is 6.72. The summed E-state index contributed by atoms with van der Waals surface area (Å²) in [5.41, 5.74) is 2.13. The molecule has 0 radical (unpaired) electrons. The number of hydrogen-bond donors (Lipinski definition) is 1. The van der Waals surface area contributed by atoms with Crippen LogP contribution in [0.15, 0.2) is 36.4 Å². The minimum Gasteiger partial charge on any atom is -0.392 e. The Bertz CT molecular complexity index is 769. The van der Waals surface area contributed by atoms with Gasteiger partial charge in [0.1, 0.15) is 0 Å². The zero-order chi connectivity index (χ0) is 18.7. The molecule has 1 saturated heterocycles. The fraction of sp³-hybridized carbons (Fsp3) is 0.350. The fourth-order valence-corrected chi connectivity index (χ4v) is 3.34. The molecule has 26 heavy (non-hydrogen) atoms. The van der Waals surface area contributed by atoms with Crippen molar-refractivity contribution in [1.29, 1.82) is 0 Å². The van der Waals surface area contributed by atoms with Crippen molar-refractivity contribution >= 4 is 5.91 Å². The Labute approximate surface area is 150 Å². The molecular weight excluding hydrogens is 343 g/mol. The quantitative estimate of drug-likeness (QED) is 0.829. The summed E-state index contributed by atoms with van der Waals surface area (Å²) in [5, 5.41) is 9.07. The molecule has 2 aromatic carbocycles. The molecule has 1 fully saturated rings. The zero-order valence-electron chi connectivity index (χ0n) is 14.2. The van der Waals surface area contributed by atoms with Crippen LogP contribution in [0.3, 0.4) is 0 Å². The molecule has 6 heteroatoms. The Balaban J connectivity index is 1.56. The molecule has 0 bridgehead atoms. The predicted octanol–water partition coefficient (Wildman–Crippen LogP) is 3.23. The Hall–Kier alpha value is -2.34. The summed E-state index contributed by atoms with van der Waals surface area (Å²) in [4.78, 5) is 14.0. The second-order valence-corrected chi connectivity index (χ2v) is 6.72. The third-order valence-electron chi connectivity index (χ3n) is 4.77. The van der Waals surface area contributed by atoms with E-state index >= 15 is 0 Å². The van der Waals surface area contributed by atoms with Crippen LogP contribution in [0.25, 0.3) is 0 Å². The maximum atomic E-state index is 13.3. The standard InChI is InChI=1S/C20H20F3NO2/c21-17-8-16(9-18(22)20(17)23)10-19(26)24-6-5-15(11-24)7-13-1-3-14(12-25)4-2-13/h1-4,8-9,15,25H,5-7,10-12H2/t15-/m1/s1. The van der Waals surface area contributed by atoms with Crippen molar-refractivity contribution in [3.63, 3.8) is 0 Å². The average Bonchev–Trinajstić information content (AvgIpc) is 3.09. The van der Waals surface area contributed by atoms with Crippen LogP contribution < -0.4 is 0 Å². The monoisotopic (exact) mass is 363 g/mol. The molecule has 2 aromatic rings. The normalized spacial score (nSPS) is 16.9. The average molecular weight is 363 g/mol. The van der Waals surface area contributed by atoms with E-state index in [0.717, 1.165) is 36.1 Å². The number of aliphatic hydroxyl groups is 1. The lowest BCUT2D eigenvalue weighted by Crippen LogP contribution is -2.30. The number of amides is 1. The number of benzene rings is 2. The van der Waals surface area contributed by atoms with E-state index in [9.17, 15) is 18.0 Å². The van der Waals surface area contributed by atoms with Crippen molar-refractivity contribution in [3.8, 4) is 0 Å². The maximum Gasteiger partial charge on any atom is 0.227 e. The summed E-state index contributed by atoms with van der Waals surface area (Å²) >= 11 is 0. The van der Waals surface area contributed by atoms with E-state index in [1.54, 1.807) is 4.90 Å². The van der Waals surface area contributed by atoms with E-state index < -0.39 is 17.5 Å². The number of likely N-dealkylation sites (tertiary alicyclic amines) is 1. The predicted molar refractivity (Wildman–Crippen MR) is 90.8 cm³/mol. The molecule has 0 spiro atoms. The van der Waals surface area contributed by atoms with Gasteiger partial charge in [0, 0.05) is 13.1 Å². The molecule has 1 amide bonds. The van der Waals surface area contributed by atoms with Gasteiger partial charge in [0.25, 0.3) is 0 Å². The number of halogens is 3.